The van der Waals surface area contributed by atoms with E-state index in [1.54, 1.807) is 4.90 Å². The van der Waals surface area contributed by atoms with Crippen LogP contribution in [0.25, 0.3) is 0 Å². The fourth-order valence-electron chi connectivity index (χ4n) is 3.60. The lowest BCUT2D eigenvalue weighted by Crippen LogP contribution is -2.67. The van der Waals surface area contributed by atoms with Crippen molar-refractivity contribution in [1.29, 1.82) is 0 Å². The zero-order valence-corrected chi connectivity index (χ0v) is 14.7. The van der Waals surface area contributed by atoms with Gasteiger partial charge in [0.15, 0.2) is 0 Å². The van der Waals surface area contributed by atoms with E-state index < -0.39 is 11.0 Å². The number of amides is 2. The third-order valence-corrected chi connectivity index (χ3v) is 4.68. The van der Waals surface area contributed by atoms with Crippen molar-refractivity contribution in [1.82, 2.24) is 9.80 Å². The van der Waals surface area contributed by atoms with Crippen molar-refractivity contribution in [3.8, 4) is 0 Å². The summed E-state index contributed by atoms with van der Waals surface area (Å²) < 4.78 is 5.46. The predicted octanol–water partition coefficient (Wildman–Crippen LogP) is 3.05. The number of nitrogens with zero attached hydrogens (tertiary/aromatic N) is 2. The summed E-state index contributed by atoms with van der Waals surface area (Å²) in [6.45, 7) is 8.10. The molecule has 0 bridgehead atoms. The van der Waals surface area contributed by atoms with Crippen molar-refractivity contribution in [3.63, 3.8) is 0 Å². The van der Waals surface area contributed by atoms with E-state index in [1.807, 2.05) is 56.0 Å². The van der Waals surface area contributed by atoms with Gasteiger partial charge in [-0.1, -0.05) is 30.3 Å². The highest BCUT2D eigenvalue weighted by molar-refractivity contribution is 5.89. The molecular weight excluding hydrogens is 304 g/mol. The van der Waals surface area contributed by atoms with Crippen LogP contribution < -0.4 is 0 Å². The van der Waals surface area contributed by atoms with Crippen LogP contribution in [0.3, 0.4) is 0 Å². The van der Waals surface area contributed by atoms with Gasteiger partial charge in [0, 0.05) is 26.2 Å². The maximum atomic E-state index is 12.7. The third kappa shape index (κ3) is 3.40. The Labute approximate surface area is 143 Å². The van der Waals surface area contributed by atoms with Crippen LogP contribution in [0.1, 0.15) is 39.2 Å². The lowest BCUT2D eigenvalue weighted by molar-refractivity contribution is -0.166. The predicted molar refractivity (Wildman–Crippen MR) is 91.3 cm³/mol. The molecule has 2 saturated heterocycles. The highest BCUT2D eigenvalue weighted by Crippen LogP contribution is 2.41. The van der Waals surface area contributed by atoms with Gasteiger partial charge in [-0.2, -0.15) is 0 Å². The molecule has 1 aromatic carbocycles. The Bertz CT molecular complexity index is 623. The average Bonchev–Trinajstić information content (AvgIpc) is 2.54. The molecule has 2 aliphatic heterocycles. The largest absolute Gasteiger partial charge is 0.444 e. The van der Waals surface area contributed by atoms with Gasteiger partial charge in [-0.25, -0.2) is 4.79 Å². The van der Waals surface area contributed by atoms with Crippen molar-refractivity contribution in [2.75, 3.05) is 19.6 Å². The summed E-state index contributed by atoms with van der Waals surface area (Å²) in [5.41, 5.74) is 0.231. The second-order valence-corrected chi connectivity index (χ2v) is 7.93. The molecule has 1 atom stereocenters. The molecule has 0 aromatic heterocycles. The quantitative estimate of drug-likeness (QED) is 0.783. The molecule has 1 aromatic rings. The first-order chi connectivity index (χ1) is 11.3. The number of rotatable bonds is 2. The SMILES string of the molecule is CC(C)(C)OC(=O)N1CCC[C@@]2(C1)CN(Cc1ccccc1)C2=O. The first-order valence-corrected chi connectivity index (χ1v) is 8.60. The van der Waals surface area contributed by atoms with Gasteiger partial charge in [-0.3, -0.25) is 4.79 Å². The molecule has 24 heavy (non-hydrogen) atoms. The summed E-state index contributed by atoms with van der Waals surface area (Å²) in [5.74, 6) is 0.166. The van der Waals surface area contributed by atoms with Gasteiger partial charge in [0.1, 0.15) is 5.60 Å². The molecule has 1 spiro atoms. The second kappa shape index (κ2) is 6.11. The molecule has 2 heterocycles. The molecular formula is C19H26N2O3. The highest BCUT2D eigenvalue weighted by atomic mass is 16.6. The van der Waals surface area contributed by atoms with E-state index in [0.29, 0.717) is 19.6 Å². The lowest BCUT2D eigenvalue weighted by atomic mass is 9.72. The van der Waals surface area contributed by atoms with Gasteiger partial charge in [0.05, 0.1) is 5.41 Å². The van der Waals surface area contributed by atoms with Crippen LogP contribution in [0.2, 0.25) is 0 Å². The molecule has 0 saturated carbocycles. The molecule has 3 rings (SSSR count). The van der Waals surface area contributed by atoms with Crippen LogP contribution in [-0.4, -0.2) is 47.0 Å². The zero-order chi connectivity index (χ0) is 17.4. The number of likely N-dealkylation sites (tertiary alicyclic amines) is 2. The topological polar surface area (TPSA) is 49.9 Å². The molecule has 0 radical (unpaired) electrons. The lowest BCUT2D eigenvalue weighted by Gasteiger charge is -2.53. The maximum Gasteiger partial charge on any atom is 0.410 e. The Morgan fingerprint density at radius 1 is 1.21 bits per heavy atom. The van der Waals surface area contributed by atoms with E-state index in [-0.39, 0.29) is 12.0 Å². The van der Waals surface area contributed by atoms with E-state index in [0.717, 1.165) is 24.9 Å². The number of hydrogen-bond acceptors (Lipinski definition) is 3. The molecule has 5 nitrogen and oxygen atoms in total. The Hall–Kier alpha value is -2.04. The first kappa shape index (κ1) is 16.8. The average molecular weight is 330 g/mol. The standard InChI is InChI=1S/C19H26N2O3/c1-18(2,3)24-17(23)20-11-7-10-19(13-20)14-21(16(19)22)12-15-8-5-4-6-9-15/h4-6,8-9H,7,10-14H2,1-3H3/t19-/m1/s1. The number of carbonyl (C=O) groups excluding carboxylic acids is 2. The fraction of sp³-hybridized carbons (Fsp3) is 0.579. The monoisotopic (exact) mass is 330 g/mol. The summed E-state index contributed by atoms with van der Waals surface area (Å²) in [6.07, 6.45) is 1.40. The van der Waals surface area contributed by atoms with E-state index >= 15 is 0 Å². The molecule has 2 fully saturated rings. The van der Waals surface area contributed by atoms with Gasteiger partial charge >= 0.3 is 6.09 Å². The van der Waals surface area contributed by atoms with Crippen LogP contribution in [-0.2, 0) is 16.1 Å². The van der Waals surface area contributed by atoms with Crippen LogP contribution in [0.15, 0.2) is 30.3 Å². The van der Waals surface area contributed by atoms with Crippen LogP contribution in [0, 0.1) is 5.41 Å². The summed E-state index contributed by atoms with van der Waals surface area (Å²) in [7, 11) is 0. The van der Waals surface area contributed by atoms with E-state index in [9.17, 15) is 9.59 Å². The smallest absolute Gasteiger partial charge is 0.410 e. The zero-order valence-electron chi connectivity index (χ0n) is 14.7. The number of benzene rings is 1. The number of ether oxygens (including phenoxy) is 1. The van der Waals surface area contributed by atoms with Crippen molar-refractivity contribution in [3.05, 3.63) is 35.9 Å². The Morgan fingerprint density at radius 3 is 2.54 bits per heavy atom. The Kier molecular flexibility index (Phi) is 4.28. The number of hydrogen-bond donors (Lipinski definition) is 0. The Morgan fingerprint density at radius 2 is 1.92 bits per heavy atom. The summed E-state index contributed by atoms with van der Waals surface area (Å²) in [4.78, 5) is 28.6. The fourth-order valence-corrected chi connectivity index (χ4v) is 3.60. The molecule has 0 unspecified atom stereocenters. The highest BCUT2D eigenvalue weighted by Gasteiger charge is 2.54. The molecule has 5 heteroatoms. The molecule has 2 amide bonds. The van der Waals surface area contributed by atoms with Crippen molar-refractivity contribution >= 4 is 12.0 Å². The van der Waals surface area contributed by atoms with Crippen LogP contribution in [0.5, 0.6) is 0 Å². The van der Waals surface area contributed by atoms with Crippen molar-refractivity contribution in [2.24, 2.45) is 5.41 Å². The minimum absolute atomic E-state index is 0.166. The van der Waals surface area contributed by atoms with Gasteiger partial charge in [0.25, 0.3) is 0 Å². The van der Waals surface area contributed by atoms with Gasteiger partial charge in [-0.05, 0) is 39.2 Å². The maximum absolute atomic E-state index is 12.7. The van der Waals surface area contributed by atoms with E-state index in [1.165, 1.54) is 0 Å². The van der Waals surface area contributed by atoms with Gasteiger partial charge in [-0.15, -0.1) is 0 Å². The van der Waals surface area contributed by atoms with Gasteiger partial charge < -0.3 is 14.5 Å². The Balaban J connectivity index is 1.61. The van der Waals surface area contributed by atoms with Crippen LogP contribution >= 0.6 is 0 Å². The summed E-state index contributed by atoms with van der Waals surface area (Å²) in [5, 5.41) is 0. The molecule has 0 N–H and O–H groups in total. The normalized spacial score (nSPS) is 24.0. The molecule has 0 aliphatic carbocycles. The van der Waals surface area contributed by atoms with Crippen LogP contribution in [0.4, 0.5) is 4.79 Å². The number of piperidine rings is 1. The first-order valence-electron chi connectivity index (χ1n) is 8.60. The molecule has 130 valence electrons. The summed E-state index contributed by atoms with van der Waals surface area (Å²) >= 11 is 0. The van der Waals surface area contributed by atoms with E-state index in [4.69, 9.17) is 4.74 Å². The summed E-state index contributed by atoms with van der Waals surface area (Å²) in [6, 6.07) is 10.0. The minimum atomic E-state index is -0.509. The number of β-lactam (4-membered cyclic amide) rings is 1. The second-order valence-electron chi connectivity index (χ2n) is 7.93. The number of carbonyl (C=O) groups is 2. The van der Waals surface area contributed by atoms with Crippen molar-refractivity contribution < 1.29 is 14.3 Å². The molecule has 2 aliphatic rings. The van der Waals surface area contributed by atoms with Crippen molar-refractivity contribution in [2.45, 2.75) is 45.8 Å². The third-order valence-electron chi connectivity index (χ3n) is 4.68. The van der Waals surface area contributed by atoms with Gasteiger partial charge in [0.2, 0.25) is 5.91 Å². The van der Waals surface area contributed by atoms with E-state index in [2.05, 4.69) is 0 Å². The minimum Gasteiger partial charge on any atom is -0.444 e.